The van der Waals surface area contributed by atoms with E-state index in [0.717, 1.165) is 5.56 Å². The highest BCUT2D eigenvalue weighted by Crippen LogP contribution is 2.27. The number of rotatable bonds is 8. The standard InChI is InChI=1S/C23H22ClN3O4/c1-3-21(28)20-13-18(10-11-25-20)31-17-7-4-15(5-8-17)14-26-23(29)27-19-9-6-16(24)12-22(19)30-2/h4-13H,3,14H2,1-2H3,(H2,26,27,29). The summed E-state index contributed by atoms with van der Waals surface area (Å²) < 4.78 is 11.0. The van der Waals surface area contributed by atoms with E-state index >= 15 is 0 Å². The van der Waals surface area contributed by atoms with Crippen LogP contribution in [0.25, 0.3) is 0 Å². The van der Waals surface area contributed by atoms with Gasteiger partial charge in [0.1, 0.15) is 22.9 Å². The lowest BCUT2D eigenvalue weighted by atomic mass is 10.2. The molecule has 0 atom stereocenters. The number of pyridine rings is 1. The van der Waals surface area contributed by atoms with Crippen molar-refractivity contribution in [2.24, 2.45) is 0 Å². The van der Waals surface area contributed by atoms with Crippen molar-refractivity contribution in [2.75, 3.05) is 12.4 Å². The van der Waals surface area contributed by atoms with Crippen LogP contribution in [-0.4, -0.2) is 23.9 Å². The minimum absolute atomic E-state index is 0.0404. The topological polar surface area (TPSA) is 89.5 Å². The molecule has 0 radical (unpaired) electrons. The molecule has 0 bridgehead atoms. The summed E-state index contributed by atoms with van der Waals surface area (Å²) in [5.41, 5.74) is 1.79. The summed E-state index contributed by atoms with van der Waals surface area (Å²) >= 11 is 5.93. The van der Waals surface area contributed by atoms with Crippen molar-refractivity contribution in [1.29, 1.82) is 0 Å². The second-order valence-corrected chi connectivity index (χ2v) is 6.99. The van der Waals surface area contributed by atoms with E-state index in [1.165, 1.54) is 7.11 Å². The van der Waals surface area contributed by atoms with E-state index in [1.54, 1.807) is 55.6 Å². The first kappa shape index (κ1) is 22.1. The third-order valence-corrected chi connectivity index (χ3v) is 4.60. The van der Waals surface area contributed by atoms with Crippen molar-refractivity contribution in [2.45, 2.75) is 19.9 Å². The zero-order valence-corrected chi connectivity index (χ0v) is 17.9. The molecule has 0 aliphatic rings. The zero-order chi connectivity index (χ0) is 22.2. The number of Topliss-reactive ketones (excluding diaryl/α,β-unsaturated/α-hetero) is 1. The summed E-state index contributed by atoms with van der Waals surface area (Å²) in [4.78, 5) is 28.0. The molecule has 3 aromatic rings. The highest BCUT2D eigenvalue weighted by molar-refractivity contribution is 6.30. The first-order valence-electron chi connectivity index (χ1n) is 9.63. The van der Waals surface area contributed by atoms with Crippen LogP contribution in [-0.2, 0) is 6.54 Å². The number of nitrogens with zero attached hydrogens (tertiary/aromatic N) is 1. The third kappa shape index (κ3) is 6.20. The molecule has 3 rings (SSSR count). The van der Waals surface area contributed by atoms with E-state index in [1.807, 2.05) is 12.1 Å². The quantitative estimate of drug-likeness (QED) is 0.455. The van der Waals surface area contributed by atoms with E-state index < -0.39 is 0 Å². The van der Waals surface area contributed by atoms with Crippen LogP contribution >= 0.6 is 11.6 Å². The van der Waals surface area contributed by atoms with Crippen LogP contribution < -0.4 is 20.1 Å². The number of urea groups is 1. The lowest BCUT2D eigenvalue weighted by molar-refractivity contribution is 0.0983. The smallest absolute Gasteiger partial charge is 0.319 e. The van der Waals surface area contributed by atoms with Gasteiger partial charge in [-0.3, -0.25) is 9.78 Å². The van der Waals surface area contributed by atoms with Gasteiger partial charge in [-0.05, 0) is 35.9 Å². The fourth-order valence-electron chi connectivity index (χ4n) is 2.74. The van der Waals surface area contributed by atoms with Gasteiger partial charge in [0.25, 0.3) is 0 Å². The number of halogens is 1. The second kappa shape index (κ2) is 10.4. The molecule has 8 heteroatoms. The maximum absolute atomic E-state index is 12.2. The largest absolute Gasteiger partial charge is 0.495 e. The summed E-state index contributed by atoms with van der Waals surface area (Å²) in [6.45, 7) is 2.11. The summed E-state index contributed by atoms with van der Waals surface area (Å²) in [6.07, 6.45) is 1.93. The number of nitrogens with one attached hydrogen (secondary N) is 2. The van der Waals surface area contributed by atoms with Crippen LogP contribution in [0.1, 0.15) is 29.4 Å². The zero-order valence-electron chi connectivity index (χ0n) is 17.1. The number of ketones is 1. The Kier molecular flexibility index (Phi) is 7.45. The third-order valence-electron chi connectivity index (χ3n) is 4.36. The number of aromatic nitrogens is 1. The summed E-state index contributed by atoms with van der Waals surface area (Å²) in [5, 5.41) is 6.03. The number of benzene rings is 2. The first-order valence-corrected chi connectivity index (χ1v) is 10.0. The Labute approximate surface area is 185 Å². The molecule has 2 amide bonds. The number of hydrogen-bond acceptors (Lipinski definition) is 5. The maximum atomic E-state index is 12.2. The van der Waals surface area contributed by atoms with Gasteiger partial charge in [-0.25, -0.2) is 4.79 Å². The van der Waals surface area contributed by atoms with Gasteiger partial charge in [0, 0.05) is 36.3 Å². The van der Waals surface area contributed by atoms with Crippen molar-refractivity contribution in [1.82, 2.24) is 10.3 Å². The Morgan fingerprint density at radius 2 is 1.81 bits per heavy atom. The van der Waals surface area contributed by atoms with E-state index in [-0.39, 0.29) is 11.8 Å². The minimum atomic E-state index is -0.370. The number of anilines is 1. The SMILES string of the molecule is CCC(=O)c1cc(Oc2ccc(CNC(=O)Nc3ccc(Cl)cc3OC)cc2)ccn1. The number of ether oxygens (including phenoxy) is 2. The average Bonchev–Trinajstić information content (AvgIpc) is 2.79. The number of carbonyl (C=O) groups excluding carboxylic acids is 2. The molecular weight excluding hydrogens is 418 g/mol. The van der Waals surface area contributed by atoms with Crippen molar-refractivity contribution >= 4 is 29.1 Å². The predicted octanol–water partition coefficient (Wildman–Crippen LogP) is 5.45. The molecule has 0 unspecified atom stereocenters. The highest BCUT2D eigenvalue weighted by Gasteiger charge is 2.09. The molecule has 160 valence electrons. The highest BCUT2D eigenvalue weighted by atomic mass is 35.5. The molecule has 7 nitrogen and oxygen atoms in total. The summed E-state index contributed by atoms with van der Waals surface area (Å²) in [5.74, 6) is 1.58. The Hall–Kier alpha value is -3.58. The molecule has 0 saturated carbocycles. The molecule has 0 spiro atoms. The fourth-order valence-corrected chi connectivity index (χ4v) is 2.90. The van der Waals surface area contributed by atoms with E-state index in [4.69, 9.17) is 21.1 Å². The van der Waals surface area contributed by atoms with Gasteiger partial charge >= 0.3 is 6.03 Å². The molecular formula is C23H22ClN3O4. The molecule has 1 heterocycles. The van der Waals surface area contributed by atoms with Gasteiger partial charge in [0.05, 0.1) is 12.8 Å². The Bertz CT molecular complexity index is 1070. The molecule has 1 aromatic heterocycles. The number of hydrogen-bond donors (Lipinski definition) is 2. The summed E-state index contributed by atoms with van der Waals surface area (Å²) in [7, 11) is 1.51. The first-order chi connectivity index (χ1) is 15.0. The van der Waals surface area contributed by atoms with Crippen LogP contribution in [0.15, 0.2) is 60.8 Å². The monoisotopic (exact) mass is 439 g/mol. The molecule has 0 saturated heterocycles. The Morgan fingerprint density at radius 3 is 2.52 bits per heavy atom. The van der Waals surface area contributed by atoms with Gasteiger partial charge in [-0.1, -0.05) is 30.7 Å². The second-order valence-electron chi connectivity index (χ2n) is 6.55. The van der Waals surface area contributed by atoms with Crippen LogP contribution in [0.3, 0.4) is 0 Å². The van der Waals surface area contributed by atoms with Crippen LogP contribution in [0.4, 0.5) is 10.5 Å². The summed E-state index contributed by atoms with van der Waals surface area (Å²) in [6, 6.07) is 15.2. The van der Waals surface area contributed by atoms with Gasteiger partial charge in [-0.15, -0.1) is 0 Å². The number of methoxy groups -OCH3 is 1. The molecule has 2 aromatic carbocycles. The predicted molar refractivity (Wildman–Crippen MR) is 119 cm³/mol. The molecule has 0 aliphatic carbocycles. The lowest BCUT2D eigenvalue weighted by Crippen LogP contribution is -2.28. The maximum Gasteiger partial charge on any atom is 0.319 e. The molecule has 0 aliphatic heterocycles. The van der Waals surface area contributed by atoms with Gasteiger partial charge in [-0.2, -0.15) is 0 Å². The van der Waals surface area contributed by atoms with Crippen molar-refractivity contribution in [3.63, 3.8) is 0 Å². The Morgan fingerprint density at radius 1 is 1.03 bits per heavy atom. The van der Waals surface area contributed by atoms with Crippen molar-refractivity contribution < 1.29 is 19.1 Å². The molecule has 0 fully saturated rings. The van der Waals surface area contributed by atoms with E-state index in [2.05, 4.69) is 15.6 Å². The van der Waals surface area contributed by atoms with Crippen molar-refractivity contribution in [3.8, 4) is 17.2 Å². The van der Waals surface area contributed by atoms with Crippen molar-refractivity contribution in [3.05, 3.63) is 77.1 Å². The molecule has 2 N–H and O–H groups in total. The normalized spacial score (nSPS) is 10.3. The molecule has 31 heavy (non-hydrogen) atoms. The van der Waals surface area contributed by atoms with Gasteiger partial charge in [0.2, 0.25) is 0 Å². The minimum Gasteiger partial charge on any atom is -0.495 e. The van der Waals surface area contributed by atoms with Crippen LogP contribution in [0.2, 0.25) is 5.02 Å². The Balaban J connectivity index is 1.55. The number of carbonyl (C=O) groups is 2. The van der Waals surface area contributed by atoms with Crippen LogP contribution in [0.5, 0.6) is 17.2 Å². The average molecular weight is 440 g/mol. The van der Waals surface area contributed by atoms with Crippen LogP contribution in [0, 0.1) is 0 Å². The van der Waals surface area contributed by atoms with E-state index in [9.17, 15) is 9.59 Å². The van der Waals surface area contributed by atoms with Gasteiger partial charge in [0.15, 0.2) is 5.78 Å². The number of amides is 2. The van der Waals surface area contributed by atoms with Gasteiger partial charge < -0.3 is 20.1 Å². The van der Waals surface area contributed by atoms with E-state index in [0.29, 0.717) is 46.6 Å². The fraction of sp³-hybridized carbons (Fsp3) is 0.174. The lowest BCUT2D eigenvalue weighted by Gasteiger charge is -2.12.